The third-order valence-corrected chi connectivity index (χ3v) is 7.83. The molecule has 4 heterocycles. The SMILES string of the molecule is O=C(c1ccc2sncc2c1)N1CCC2(CC1)OC1CCC(c3cc(F)cc(F)c3)N1C2=O. The monoisotopic (exact) mass is 469 g/mol. The number of fused-ring (bicyclic) bond motifs is 2. The van der Waals surface area contributed by atoms with E-state index >= 15 is 0 Å². The molecule has 170 valence electrons. The van der Waals surface area contributed by atoms with Gasteiger partial charge in [0.25, 0.3) is 11.8 Å². The van der Waals surface area contributed by atoms with Crippen molar-refractivity contribution in [1.29, 1.82) is 0 Å². The summed E-state index contributed by atoms with van der Waals surface area (Å²) in [5.41, 5.74) is 0.0776. The number of carbonyl (C=O) groups is 2. The van der Waals surface area contributed by atoms with Crippen LogP contribution in [-0.2, 0) is 9.53 Å². The van der Waals surface area contributed by atoms with Gasteiger partial charge in [0.15, 0.2) is 5.60 Å². The van der Waals surface area contributed by atoms with E-state index in [9.17, 15) is 18.4 Å². The van der Waals surface area contributed by atoms with Crippen LogP contribution in [0.1, 0.15) is 47.6 Å². The third kappa shape index (κ3) is 3.33. The van der Waals surface area contributed by atoms with E-state index in [0.29, 0.717) is 49.9 Å². The molecule has 1 spiro atoms. The van der Waals surface area contributed by atoms with Crippen molar-refractivity contribution in [3.63, 3.8) is 0 Å². The molecule has 9 heteroatoms. The molecule has 2 aromatic carbocycles. The minimum Gasteiger partial charge on any atom is -0.342 e. The Labute approximate surface area is 192 Å². The van der Waals surface area contributed by atoms with Crippen molar-refractivity contribution >= 4 is 33.4 Å². The Bertz CT molecular complexity index is 1250. The number of likely N-dealkylation sites (tertiary alicyclic amines) is 1. The fourth-order valence-corrected chi connectivity index (χ4v) is 6.02. The van der Waals surface area contributed by atoms with Gasteiger partial charge in [0.05, 0.1) is 10.7 Å². The Kier molecular flexibility index (Phi) is 4.74. The number of hydrogen-bond donors (Lipinski definition) is 0. The molecule has 3 fully saturated rings. The first-order valence-corrected chi connectivity index (χ1v) is 11.8. The second-order valence-electron chi connectivity index (χ2n) is 8.95. The number of halogens is 2. The fourth-order valence-electron chi connectivity index (χ4n) is 5.40. The van der Waals surface area contributed by atoms with Crippen LogP contribution in [0.4, 0.5) is 8.78 Å². The Morgan fingerprint density at radius 3 is 2.61 bits per heavy atom. The van der Waals surface area contributed by atoms with Crippen LogP contribution in [0.25, 0.3) is 10.1 Å². The van der Waals surface area contributed by atoms with Gasteiger partial charge >= 0.3 is 0 Å². The molecule has 6 nitrogen and oxygen atoms in total. The Balaban J connectivity index is 1.18. The summed E-state index contributed by atoms with van der Waals surface area (Å²) in [4.78, 5) is 29.9. The number of carbonyl (C=O) groups excluding carboxylic acids is 2. The van der Waals surface area contributed by atoms with E-state index in [0.717, 1.165) is 16.2 Å². The number of benzene rings is 2. The normalized spacial score (nSPS) is 24.1. The number of aromatic nitrogens is 1. The molecule has 0 bridgehead atoms. The molecule has 3 saturated heterocycles. The van der Waals surface area contributed by atoms with E-state index in [-0.39, 0.29) is 11.8 Å². The van der Waals surface area contributed by atoms with Crippen molar-refractivity contribution in [2.75, 3.05) is 13.1 Å². The summed E-state index contributed by atoms with van der Waals surface area (Å²) in [6, 6.07) is 8.56. The van der Waals surface area contributed by atoms with Crippen LogP contribution in [0.2, 0.25) is 0 Å². The number of hydrogen-bond acceptors (Lipinski definition) is 5. The average molecular weight is 470 g/mol. The van der Waals surface area contributed by atoms with Gasteiger partial charge in [-0.05, 0) is 60.3 Å². The number of amides is 2. The van der Waals surface area contributed by atoms with Crippen LogP contribution in [-0.4, -0.2) is 50.9 Å². The van der Waals surface area contributed by atoms with Gasteiger partial charge in [0.1, 0.15) is 17.9 Å². The Morgan fingerprint density at radius 1 is 1.09 bits per heavy atom. The van der Waals surface area contributed by atoms with E-state index < -0.39 is 29.5 Å². The van der Waals surface area contributed by atoms with Gasteiger partial charge in [-0.1, -0.05) is 0 Å². The van der Waals surface area contributed by atoms with Crippen molar-refractivity contribution in [2.24, 2.45) is 0 Å². The molecule has 3 aromatic rings. The molecule has 3 aliphatic heterocycles. The zero-order valence-corrected chi connectivity index (χ0v) is 18.5. The molecule has 2 amide bonds. The lowest BCUT2D eigenvalue weighted by molar-refractivity contribution is -0.142. The highest BCUT2D eigenvalue weighted by atomic mass is 32.1. The molecule has 33 heavy (non-hydrogen) atoms. The van der Waals surface area contributed by atoms with Gasteiger partial charge in [-0.25, -0.2) is 8.78 Å². The molecule has 3 aliphatic rings. The molecule has 1 aromatic heterocycles. The van der Waals surface area contributed by atoms with Gasteiger partial charge in [-0.2, -0.15) is 4.37 Å². The first-order chi connectivity index (χ1) is 15.9. The summed E-state index contributed by atoms with van der Waals surface area (Å²) in [7, 11) is 0. The van der Waals surface area contributed by atoms with Crippen LogP contribution in [0.5, 0.6) is 0 Å². The van der Waals surface area contributed by atoms with Gasteiger partial charge in [-0.15, -0.1) is 0 Å². The predicted octanol–water partition coefficient (Wildman–Crippen LogP) is 4.27. The van der Waals surface area contributed by atoms with Crippen molar-refractivity contribution in [2.45, 2.75) is 43.6 Å². The molecule has 2 atom stereocenters. The number of ether oxygens (including phenoxy) is 1. The highest BCUT2D eigenvalue weighted by molar-refractivity contribution is 7.13. The first-order valence-electron chi connectivity index (χ1n) is 11.0. The topological polar surface area (TPSA) is 62.7 Å². The smallest absolute Gasteiger partial charge is 0.257 e. The molecular formula is C24H21F2N3O3S. The van der Waals surface area contributed by atoms with Crippen molar-refractivity contribution in [1.82, 2.24) is 14.2 Å². The summed E-state index contributed by atoms with van der Waals surface area (Å²) in [6.07, 6.45) is 3.37. The van der Waals surface area contributed by atoms with Crippen molar-refractivity contribution in [3.05, 3.63) is 65.4 Å². The molecule has 0 aliphatic carbocycles. The van der Waals surface area contributed by atoms with Crippen LogP contribution < -0.4 is 0 Å². The van der Waals surface area contributed by atoms with Crippen LogP contribution in [0.15, 0.2) is 42.6 Å². The van der Waals surface area contributed by atoms with Crippen LogP contribution in [0, 0.1) is 11.6 Å². The zero-order chi connectivity index (χ0) is 22.7. The average Bonchev–Trinajstić information content (AvgIpc) is 3.49. The molecule has 0 N–H and O–H groups in total. The lowest BCUT2D eigenvalue weighted by Crippen LogP contribution is -2.51. The maximum atomic E-state index is 13.8. The second-order valence-corrected chi connectivity index (χ2v) is 9.78. The van der Waals surface area contributed by atoms with Gasteiger partial charge in [0, 0.05) is 49.1 Å². The Morgan fingerprint density at radius 2 is 1.85 bits per heavy atom. The second kappa shape index (κ2) is 7.56. The Hall–Kier alpha value is -2.91. The van der Waals surface area contributed by atoms with Crippen molar-refractivity contribution < 1.29 is 23.1 Å². The van der Waals surface area contributed by atoms with Gasteiger partial charge in [0.2, 0.25) is 0 Å². The summed E-state index contributed by atoms with van der Waals surface area (Å²) in [5, 5.41) is 0.939. The largest absolute Gasteiger partial charge is 0.342 e. The number of piperidine rings is 1. The molecule has 0 saturated carbocycles. The van der Waals surface area contributed by atoms with E-state index in [4.69, 9.17) is 4.74 Å². The number of nitrogens with zero attached hydrogens (tertiary/aromatic N) is 3. The lowest BCUT2D eigenvalue weighted by atomic mass is 9.89. The first kappa shape index (κ1) is 20.7. The quantitative estimate of drug-likeness (QED) is 0.563. The molecule has 0 radical (unpaired) electrons. The predicted molar refractivity (Wildman–Crippen MR) is 118 cm³/mol. The maximum absolute atomic E-state index is 13.8. The van der Waals surface area contributed by atoms with E-state index in [1.165, 1.54) is 23.7 Å². The highest BCUT2D eigenvalue weighted by Crippen LogP contribution is 2.47. The fraction of sp³-hybridized carbons (Fsp3) is 0.375. The van der Waals surface area contributed by atoms with Crippen LogP contribution in [0.3, 0.4) is 0 Å². The third-order valence-electron chi connectivity index (χ3n) is 7.05. The summed E-state index contributed by atoms with van der Waals surface area (Å²) in [6.45, 7) is 0.814. The minimum atomic E-state index is -0.979. The highest BCUT2D eigenvalue weighted by Gasteiger charge is 2.58. The maximum Gasteiger partial charge on any atom is 0.257 e. The molecule has 6 rings (SSSR count). The standard InChI is InChI=1S/C24H21F2N3O3S/c25-17-10-15(11-18(26)12-17)19-2-4-21-29(19)23(31)24(32-21)5-7-28(8-6-24)22(30)14-1-3-20-16(9-14)13-27-33-20/h1,3,9-13,19,21H,2,4-8H2. The molecule has 2 unspecified atom stereocenters. The van der Waals surface area contributed by atoms with Gasteiger partial charge in [-0.3, -0.25) is 9.59 Å². The number of rotatable bonds is 2. The van der Waals surface area contributed by atoms with E-state index in [2.05, 4.69) is 4.37 Å². The minimum absolute atomic E-state index is 0.0722. The summed E-state index contributed by atoms with van der Waals surface area (Å²) < 4.78 is 39.0. The van der Waals surface area contributed by atoms with Gasteiger partial charge < -0.3 is 14.5 Å². The van der Waals surface area contributed by atoms with E-state index in [1.54, 1.807) is 16.0 Å². The van der Waals surface area contributed by atoms with E-state index in [1.807, 2.05) is 18.2 Å². The summed E-state index contributed by atoms with van der Waals surface area (Å²) in [5.74, 6) is -1.52. The van der Waals surface area contributed by atoms with Crippen LogP contribution >= 0.6 is 11.5 Å². The summed E-state index contributed by atoms with van der Waals surface area (Å²) >= 11 is 1.39. The van der Waals surface area contributed by atoms with Crippen molar-refractivity contribution in [3.8, 4) is 0 Å². The zero-order valence-electron chi connectivity index (χ0n) is 17.7. The lowest BCUT2D eigenvalue weighted by Gasteiger charge is -2.37. The molecular weight excluding hydrogens is 448 g/mol.